The number of fused-ring (bicyclic) bond motifs is 5. The van der Waals surface area contributed by atoms with Gasteiger partial charge < -0.3 is 4.74 Å². The first kappa shape index (κ1) is 13.2. The normalized spacial score (nSPS) is 16.1. The van der Waals surface area contributed by atoms with E-state index in [4.69, 9.17) is 4.74 Å². The molecule has 1 aromatic heterocycles. The highest BCUT2D eigenvalue weighted by Gasteiger charge is 2.26. The number of nitrogens with zero attached hydrogens (tertiary/aromatic N) is 2. The van der Waals surface area contributed by atoms with E-state index in [-0.39, 0.29) is 6.10 Å². The van der Waals surface area contributed by atoms with Crippen LogP contribution in [0.25, 0.3) is 22.5 Å². The van der Waals surface area contributed by atoms with E-state index >= 15 is 0 Å². The highest BCUT2D eigenvalue weighted by Crippen LogP contribution is 2.40. The average molecular weight is 291 g/mol. The zero-order valence-electron chi connectivity index (χ0n) is 12.4. The van der Waals surface area contributed by atoms with E-state index in [0.29, 0.717) is 6.61 Å². The van der Waals surface area contributed by atoms with E-state index in [9.17, 15) is 0 Å². The van der Waals surface area contributed by atoms with Gasteiger partial charge >= 0.3 is 0 Å². The Kier molecular flexibility index (Phi) is 3.24. The molecule has 4 nitrogen and oxygen atoms in total. The molecule has 2 aromatic carbocycles. The molecule has 3 aromatic rings. The van der Waals surface area contributed by atoms with Gasteiger partial charge in [0.05, 0.1) is 6.10 Å². The van der Waals surface area contributed by atoms with Crippen LogP contribution in [0.3, 0.4) is 0 Å². The molecule has 0 aliphatic heterocycles. The highest BCUT2D eigenvalue weighted by atomic mass is 16.5. The molecule has 1 aliphatic rings. The van der Waals surface area contributed by atoms with Gasteiger partial charge in [-0.3, -0.25) is 0 Å². The first-order valence-corrected chi connectivity index (χ1v) is 7.58. The fraction of sp³-hybridized carbons (Fsp3) is 0.222. The Labute approximate surface area is 129 Å². The van der Waals surface area contributed by atoms with E-state index in [1.54, 1.807) is 0 Å². The minimum Gasteiger partial charge on any atom is -0.373 e. The molecule has 1 unspecified atom stereocenters. The third kappa shape index (κ3) is 2.04. The molecule has 0 bridgehead atoms. The van der Waals surface area contributed by atoms with Gasteiger partial charge in [-0.25, -0.2) is 0 Å². The second kappa shape index (κ2) is 5.39. The summed E-state index contributed by atoms with van der Waals surface area (Å²) >= 11 is 0. The van der Waals surface area contributed by atoms with Crippen molar-refractivity contribution in [3.8, 4) is 22.5 Å². The van der Waals surface area contributed by atoms with E-state index < -0.39 is 0 Å². The number of aromatic amines is 1. The lowest BCUT2D eigenvalue weighted by molar-refractivity contribution is 0.0632. The van der Waals surface area contributed by atoms with Crippen molar-refractivity contribution in [2.45, 2.75) is 19.4 Å². The minimum absolute atomic E-state index is 0.0344. The van der Waals surface area contributed by atoms with Crippen molar-refractivity contribution in [1.29, 1.82) is 0 Å². The second-order valence-corrected chi connectivity index (χ2v) is 5.41. The summed E-state index contributed by atoms with van der Waals surface area (Å²) in [5.74, 6) is 0. The fourth-order valence-electron chi connectivity index (χ4n) is 3.19. The number of aromatic nitrogens is 3. The van der Waals surface area contributed by atoms with Crippen molar-refractivity contribution >= 4 is 0 Å². The van der Waals surface area contributed by atoms with Gasteiger partial charge in [-0.2, -0.15) is 15.4 Å². The number of nitrogens with one attached hydrogen (secondary N) is 1. The molecule has 1 heterocycles. The molecule has 0 saturated heterocycles. The number of hydrogen-bond donors (Lipinski definition) is 1. The highest BCUT2D eigenvalue weighted by molar-refractivity contribution is 5.81. The number of H-pyrrole nitrogens is 1. The van der Waals surface area contributed by atoms with Gasteiger partial charge in [0, 0.05) is 24.2 Å². The molecule has 0 fully saturated rings. The van der Waals surface area contributed by atoms with Crippen molar-refractivity contribution in [3.63, 3.8) is 0 Å². The Bertz CT molecular complexity index is 809. The van der Waals surface area contributed by atoms with Gasteiger partial charge in [-0.05, 0) is 18.1 Å². The standard InChI is InChI=1S/C18H17N3O/c1-2-22-16-11-12-7-3-4-8-13(12)17-18(20-21-19-17)15-10-6-5-9-14(15)16/h3-10,16H,2,11H2,1H3,(H,19,20,21). The Balaban J connectivity index is 2.01. The van der Waals surface area contributed by atoms with Crippen molar-refractivity contribution < 1.29 is 4.74 Å². The summed E-state index contributed by atoms with van der Waals surface area (Å²) in [6.45, 7) is 2.72. The van der Waals surface area contributed by atoms with Crippen molar-refractivity contribution in [1.82, 2.24) is 15.4 Å². The molecule has 110 valence electrons. The van der Waals surface area contributed by atoms with Gasteiger partial charge in [-0.1, -0.05) is 48.5 Å². The first-order valence-electron chi connectivity index (χ1n) is 7.58. The SMILES string of the molecule is CCOC1Cc2ccccc2-c2n[nH]nc2-c2ccccc21. The van der Waals surface area contributed by atoms with Crippen LogP contribution in [-0.4, -0.2) is 22.0 Å². The summed E-state index contributed by atoms with van der Waals surface area (Å²) in [4.78, 5) is 0. The maximum absolute atomic E-state index is 6.03. The van der Waals surface area contributed by atoms with Gasteiger partial charge in [0.1, 0.15) is 11.4 Å². The van der Waals surface area contributed by atoms with Crippen LogP contribution in [0.2, 0.25) is 0 Å². The summed E-state index contributed by atoms with van der Waals surface area (Å²) < 4.78 is 6.03. The third-order valence-corrected chi connectivity index (χ3v) is 4.16. The van der Waals surface area contributed by atoms with Crippen LogP contribution in [0, 0.1) is 0 Å². The van der Waals surface area contributed by atoms with Crippen LogP contribution < -0.4 is 0 Å². The third-order valence-electron chi connectivity index (χ3n) is 4.16. The van der Waals surface area contributed by atoms with E-state index in [0.717, 1.165) is 28.9 Å². The monoisotopic (exact) mass is 291 g/mol. The zero-order valence-corrected chi connectivity index (χ0v) is 12.4. The summed E-state index contributed by atoms with van der Waals surface area (Å²) in [5, 5.41) is 11.6. The molecular weight excluding hydrogens is 274 g/mol. The number of benzene rings is 2. The van der Waals surface area contributed by atoms with E-state index in [2.05, 4.69) is 51.8 Å². The summed E-state index contributed by atoms with van der Waals surface area (Å²) in [6, 6.07) is 16.7. The molecule has 0 saturated carbocycles. The summed E-state index contributed by atoms with van der Waals surface area (Å²) in [6.07, 6.45) is 0.875. The predicted molar refractivity (Wildman–Crippen MR) is 85.3 cm³/mol. The van der Waals surface area contributed by atoms with Gasteiger partial charge in [-0.15, -0.1) is 0 Å². The Morgan fingerprint density at radius 3 is 2.50 bits per heavy atom. The summed E-state index contributed by atoms with van der Waals surface area (Å²) in [5.41, 5.74) is 6.45. The molecule has 1 aliphatic carbocycles. The molecule has 22 heavy (non-hydrogen) atoms. The van der Waals surface area contributed by atoms with Crippen LogP contribution in [0.1, 0.15) is 24.2 Å². The lowest BCUT2D eigenvalue weighted by Crippen LogP contribution is -2.12. The summed E-state index contributed by atoms with van der Waals surface area (Å²) in [7, 11) is 0. The van der Waals surface area contributed by atoms with Crippen LogP contribution in [-0.2, 0) is 11.2 Å². The number of hydrogen-bond acceptors (Lipinski definition) is 3. The Morgan fingerprint density at radius 2 is 1.68 bits per heavy atom. The second-order valence-electron chi connectivity index (χ2n) is 5.41. The van der Waals surface area contributed by atoms with E-state index in [1.165, 1.54) is 11.1 Å². The lowest BCUT2D eigenvalue weighted by Gasteiger charge is -2.24. The van der Waals surface area contributed by atoms with Crippen molar-refractivity contribution in [3.05, 3.63) is 59.7 Å². The van der Waals surface area contributed by atoms with E-state index in [1.807, 2.05) is 19.1 Å². The molecule has 0 spiro atoms. The quantitative estimate of drug-likeness (QED) is 0.782. The van der Waals surface area contributed by atoms with Crippen molar-refractivity contribution in [2.24, 2.45) is 0 Å². The molecule has 4 heteroatoms. The Morgan fingerprint density at radius 1 is 1.00 bits per heavy atom. The maximum atomic E-state index is 6.03. The fourth-order valence-corrected chi connectivity index (χ4v) is 3.19. The topological polar surface area (TPSA) is 50.8 Å². The predicted octanol–water partition coefficient (Wildman–Crippen LogP) is 3.77. The molecular formula is C18H17N3O. The van der Waals surface area contributed by atoms with Crippen molar-refractivity contribution in [2.75, 3.05) is 6.61 Å². The average Bonchev–Trinajstić information content (AvgIpc) is 3.02. The largest absolute Gasteiger partial charge is 0.373 e. The smallest absolute Gasteiger partial charge is 0.121 e. The Hall–Kier alpha value is -2.46. The molecule has 4 rings (SSSR count). The zero-order chi connectivity index (χ0) is 14.9. The molecule has 0 amide bonds. The number of rotatable bonds is 2. The van der Waals surface area contributed by atoms with Gasteiger partial charge in [0.25, 0.3) is 0 Å². The van der Waals surface area contributed by atoms with Crippen LogP contribution in [0.4, 0.5) is 0 Å². The first-order chi connectivity index (χ1) is 10.9. The van der Waals surface area contributed by atoms with Crippen LogP contribution >= 0.6 is 0 Å². The van der Waals surface area contributed by atoms with Crippen LogP contribution in [0.15, 0.2) is 48.5 Å². The molecule has 1 N–H and O–H groups in total. The molecule has 1 atom stereocenters. The van der Waals surface area contributed by atoms with Gasteiger partial charge in [0.15, 0.2) is 0 Å². The molecule has 0 radical (unpaired) electrons. The lowest BCUT2D eigenvalue weighted by atomic mass is 9.88. The number of ether oxygens (including phenoxy) is 1. The van der Waals surface area contributed by atoms with Gasteiger partial charge in [0.2, 0.25) is 0 Å². The minimum atomic E-state index is 0.0344. The van der Waals surface area contributed by atoms with Crippen LogP contribution in [0.5, 0.6) is 0 Å². The maximum Gasteiger partial charge on any atom is 0.121 e.